The number of rotatable bonds is 10. The second-order valence-electron chi connectivity index (χ2n) is 9.31. The first-order valence-corrected chi connectivity index (χ1v) is 11.9. The number of likely N-dealkylation sites (tertiary alicyclic amines) is 1. The number of guanidine groups is 1. The number of aryl methyl sites for hydroxylation is 1. The van der Waals surface area contributed by atoms with Crippen LogP contribution in [-0.2, 0) is 27.3 Å². The predicted molar refractivity (Wildman–Crippen MR) is 132 cm³/mol. The number of nitrogens with two attached hydrogens (primary N) is 2. The van der Waals surface area contributed by atoms with E-state index in [4.69, 9.17) is 16.9 Å². The maximum atomic E-state index is 13.7. The maximum absolute atomic E-state index is 13.7. The molecule has 2 aromatic carbocycles. The molecular weight excluding hydrogens is 444 g/mol. The molecule has 0 aromatic heterocycles. The lowest BCUT2D eigenvalue weighted by Gasteiger charge is -2.32. The van der Waals surface area contributed by atoms with Gasteiger partial charge in [-0.25, -0.2) is 0 Å². The number of benzene rings is 2. The third-order valence-electron chi connectivity index (χ3n) is 7.12. The fraction of sp³-hybridized carbons (Fsp3) is 0.385. The van der Waals surface area contributed by atoms with Crippen LogP contribution in [0.25, 0.3) is 0 Å². The van der Waals surface area contributed by atoms with Crippen molar-refractivity contribution in [3.8, 4) is 0 Å². The highest BCUT2D eigenvalue weighted by Gasteiger charge is 2.66. The van der Waals surface area contributed by atoms with Gasteiger partial charge in [0.05, 0.1) is 18.4 Å². The minimum absolute atomic E-state index is 0.164. The summed E-state index contributed by atoms with van der Waals surface area (Å²) >= 11 is 0. The fourth-order valence-corrected chi connectivity index (χ4v) is 5.49. The lowest BCUT2D eigenvalue weighted by atomic mass is 9.76. The van der Waals surface area contributed by atoms with Gasteiger partial charge in [0, 0.05) is 12.6 Å². The van der Waals surface area contributed by atoms with Crippen LogP contribution in [-0.4, -0.2) is 46.7 Å². The van der Waals surface area contributed by atoms with Gasteiger partial charge in [0.15, 0.2) is 5.96 Å². The number of primary amides is 1. The third kappa shape index (κ3) is 4.90. The van der Waals surface area contributed by atoms with Crippen molar-refractivity contribution < 1.29 is 14.4 Å². The van der Waals surface area contributed by atoms with Crippen molar-refractivity contribution in [2.75, 3.05) is 6.54 Å². The molecule has 3 amide bonds. The molecule has 4 atom stereocenters. The van der Waals surface area contributed by atoms with Gasteiger partial charge in [0.25, 0.3) is 0 Å². The summed E-state index contributed by atoms with van der Waals surface area (Å²) in [5.41, 5.74) is 11.9. The van der Waals surface area contributed by atoms with Crippen molar-refractivity contribution in [3.05, 3.63) is 71.8 Å². The molecule has 184 valence electrons. The maximum Gasteiger partial charge on any atom is 0.238 e. The van der Waals surface area contributed by atoms with Crippen molar-refractivity contribution in [3.63, 3.8) is 0 Å². The van der Waals surface area contributed by atoms with Crippen LogP contribution in [0.4, 0.5) is 0 Å². The van der Waals surface area contributed by atoms with Crippen LogP contribution >= 0.6 is 0 Å². The molecule has 9 nitrogen and oxygen atoms in total. The molecule has 2 heterocycles. The van der Waals surface area contributed by atoms with Crippen LogP contribution < -0.4 is 22.1 Å². The largest absolute Gasteiger partial charge is 0.370 e. The second-order valence-corrected chi connectivity index (χ2v) is 9.31. The Kier molecular flexibility index (Phi) is 7.16. The summed E-state index contributed by atoms with van der Waals surface area (Å²) in [5, 5.41) is 13.4. The van der Waals surface area contributed by atoms with Crippen molar-refractivity contribution in [2.24, 2.45) is 23.3 Å². The number of hydrogen-bond donors (Lipinski definition) is 5. The summed E-state index contributed by atoms with van der Waals surface area (Å²) in [4.78, 5) is 41.5. The topological polar surface area (TPSA) is 154 Å². The van der Waals surface area contributed by atoms with Crippen LogP contribution in [0.2, 0.25) is 0 Å². The van der Waals surface area contributed by atoms with E-state index in [2.05, 4.69) is 10.6 Å². The molecule has 9 heteroatoms. The fourth-order valence-electron chi connectivity index (χ4n) is 5.49. The smallest absolute Gasteiger partial charge is 0.238 e. The van der Waals surface area contributed by atoms with E-state index in [1.54, 1.807) is 0 Å². The summed E-state index contributed by atoms with van der Waals surface area (Å²) in [6.07, 6.45) is 1.99. The minimum atomic E-state index is -1.34. The first-order chi connectivity index (χ1) is 16.8. The van der Waals surface area contributed by atoms with E-state index >= 15 is 0 Å². The molecule has 0 spiro atoms. The summed E-state index contributed by atoms with van der Waals surface area (Å²) in [6.45, 7) is 0.519. The lowest BCUT2D eigenvalue weighted by molar-refractivity contribution is -0.143. The SMILES string of the molecule is N=C(N)NCCCC1(C(N)=O)NC(CCc2ccccc2)C2C(=O)N(Cc3ccccc3)C(=O)C21. The monoisotopic (exact) mass is 476 g/mol. The first-order valence-electron chi connectivity index (χ1n) is 11.9. The summed E-state index contributed by atoms with van der Waals surface area (Å²) < 4.78 is 0. The van der Waals surface area contributed by atoms with E-state index in [1.807, 2.05) is 60.7 Å². The molecule has 2 aliphatic rings. The predicted octanol–water partition coefficient (Wildman–Crippen LogP) is 0.880. The van der Waals surface area contributed by atoms with Gasteiger partial charge in [-0.1, -0.05) is 60.7 Å². The van der Waals surface area contributed by atoms with Gasteiger partial charge < -0.3 is 16.8 Å². The Balaban J connectivity index is 1.62. The number of carbonyl (C=O) groups is 3. The molecule has 4 unspecified atom stereocenters. The zero-order valence-corrected chi connectivity index (χ0v) is 19.6. The molecule has 4 rings (SSSR count). The highest BCUT2D eigenvalue weighted by atomic mass is 16.2. The Morgan fingerprint density at radius 3 is 2.23 bits per heavy atom. The number of carbonyl (C=O) groups excluding carboxylic acids is 3. The number of nitrogens with zero attached hydrogens (tertiary/aromatic N) is 1. The number of hydrogen-bond acceptors (Lipinski definition) is 5. The first kappa shape index (κ1) is 24.4. The summed E-state index contributed by atoms with van der Waals surface area (Å²) in [7, 11) is 0. The Morgan fingerprint density at radius 2 is 1.63 bits per heavy atom. The van der Waals surface area contributed by atoms with E-state index in [0.29, 0.717) is 25.8 Å². The van der Waals surface area contributed by atoms with Gasteiger partial charge in [0.1, 0.15) is 5.54 Å². The normalized spacial score (nSPS) is 25.5. The third-order valence-corrected chi connectivity index (χ3v) is 7.12. The lowest BCUT2D eigenvalue weighted by Crippen LogP contribution is -2.59. The van der Waals surface area contributed by atoms with E-state index in [0.717, 1.165) is 11.1 Å². The van der Waals surface area contributed by atoms with E-state index in [9.17, 15) is 14.4 Å². The quantitative estimate of drug-likeness (QED) is 0.148. The van der Waals surface area contributed by atoms with Crippen LogP contribution in [0.1, 0.15) is 30.4 Å². The van der Waals surface area contributed by atoms with Gasteiger partial charge in [-0.15, -0.1) is 0 Å². The molecular formula is C26H32N6O3. The zero-order chi connectivity index (χ0) is 25.0. The molecule has 2 fully saturated rings. The molecule has 0 saturated carbocycles. The molecule has 35 heavy (non-hydrogen) atoms. The summed E-state index contributed by atoms with van der Waals surface area (Å²) in [6, 6.07) is 18.9. The molecule has 2 saturated heterocycles. The van der Waals surface area contributed by atoms with E-state index in [-0.39, 0.29) is 36.8 Å². The molecule has 2 aliphatic heterocycles. The standard InChI is InChI=1S/C26H32N6O3/c27-24(35)26(14-7-15-30-25(28)29)21-20(19(31-26)13-12-17-8-3-1-4-9-17)22(33)32(23(21)34)16-18-10-5-2-6-11-18/h1-6,8-11,19-21,31H,7,12-16H2,(H2,27,35)(H4,28,29,30). The Morgan fingerprint density at radius 1 is 1.00 bits per heavy atom. The van der Waals surface area contributed by atoms with Gasteiger partial charge in [-0.3, -0.25) is 30.0 Å². The van der Waals surface area contributed by atoms with Crippen molar-refractivity contribution >= 4 is 23.7 Å². The minimum Gasteiger partial charge on any atom is -0.370 e. The number of amides is 3. The van der Waals surface area contributed by atoms with Gasteiger partial charge in [-0.05, 0) is 36.8 Å². The molecule has 0 radical (unpaired) electrons. The molecule has 0 aliphatic carbocycles. The van der Waals surface area contributed by atoms with Crippen LogP contribution in [0.5, 0.6) is 0 Å². The molecule has 7 N–H and O–H groups in total. The average Bonchev–Trinajstić information content (AvgIpc) is 3.31. The van der Waals surface area contributed by atoms with Gasteiger partial charge in [0.2, 0.25) is 17.7 Å². The number of nitrogens with one attached hydrogen (secondary N) is 3. The van der Waals surface area contributed by atoms with Crippen molar-refractivity contribution in [1.29, 1.82) is 5.41 Å². The summed E-state index contributed by atoms with van der Waals surface area (Å²) in [5.74, 6) is -2.97. The Labute approximate surface area is 204 Å². The Bertz CT molecular complexity index is 1090. The van der Waals surface area contributed by atoms with Crippen molar-refractivity contribution in [1.82, 2.24) is 15.5 Å². The average molecular weight is 477 g/mol. The van der Waals surface area contributed by atoms with E-state index < -0.39 is 23.3 Å². The van der Waals surface area contributed by atoms with Crippen LogP contribution in [0, 0.1) is 17.2 Å². The zero-order valence-electron chi connectivity index (χ0n) is 19.6. The Hall–Kier alpha value is -3.72. The molecule has 2 aromatic rings. The molecule has 0 bridgehead atoms. The van der Waals surface area contributed by atoms with Crippen LogP contribution in [0.3, 0.4) is 0 Å². The number of fused-ring (bicyclic) bond motifs is 1. The van der Waals surface area contributed by atoms with Crippen LogP contribution in [0.15, 0.2) is 60.7 Å². The highest BCUT2D eigenvalue weighted by molar-refractivity contribution is 6.09. The highest BCUT2D eigenvalue weighted by Crippen LogP contribution is 2.46. The van der Waals surface area contributed by atoms with Crippen molar-refractivity contribution in [2.45, 2.75) is 43.8 Å². The number of imide groups is 1. The van der Waals surface area contributed by atoms with Gasteiger partial charge in [-0.2, -0.15) is 0 Å². The van der Waals surface area contributed by atoms with Gasteiger partial charge >= 0.3 is 0 Å². The second kappa shape index (κ2) is 10.3. The van der Waals surface area contributed by atoms with E-state index in [1.165, 1.54) is 4.90 Å².